The van der Waals surface area contributed by atoms with Gasteiger partial charge in [-0.25, -0.2) is 18.4 Å². The van der Waals surface area contributed by atoms with Crippen LogP contribution in [0.25, 0.3) is 5.69 Å². The molecule has 0 aliphatic rings. The van der Waals surface area contributed by atoms with Crippen LogP contribution in [0.2, 0.25) is 0 Å². The summed E-state index contributed by atoms with van der Waals surface area (Å²) in [6.45, 7) is 0.209. The lowest BCUT2D eigenvalue weighted by Crippen LogP contribution is -2.03. The second kappa shape index (κ2) is 6.07. The van der Waals surface area contributed by atoms with Crippen LogP contribution in [0.4, 0.5) is 8.78 Å². The van der Waals surface area contributed by atoms with Crippen LogP contribution < -0.4 is 4.74 Å². The minimum absolute atomic E-state index is 0.209. The quantitative estimate of drug-likeness (QED) is 0.744. The topological polar surface area (TPSA) is 42.8 Å². The number of rotatable bonds is 4. The van der Waals surface area contributed by atoms with E-state index in [0.717, 1.165) is 5.56 Å². The molecule has 0 bridgehead atoms. The second-order valence-electron chi connectivity index (χ2n) is 4.54. The number of H-pyrrole nitrogens is 1. The molecule has 112 valence electrons. The van der Waals surface area contributed by atoms with Gasteiger partial charge in [-0.05, 0) is 54.2 Å². The first-order chi connectivity index (χ1) is 10.6. The van der Waals surface area contributed by atoms with Crippen molar-refractivity contribution >= 4 is 12.2 Å². The average molecular weight is 319 g/mol. The lowest BCUT2D eigenvalue weighted by atomic mass is 10.2. The van der Waals surface area contributed by atoms with Crippen LogP contribution in [0.5, 0.6) is 6.01 Å². The molecular formula is C15H11F2N3OS. The lowest BCUT2D eigenvalue weighted by molar-refractivity contribution is 0.275. The van der Waals surface area contributed by atoms with Gasteiger partial charge in [0, 0.05) is 0 Å². The van der Waals surface area contributed by atoms with Gasteiger partial charge >= 0.3 is 6.01 Å². The lowest BCUT2D eigenvalue weighted by Gasteiger charge is -2.08. The molecule has 3 rings (SSSR count). The number of hydrogen-bond acceptors (Lipinski definition) is 3. The Morgan fingerprint density at radius 3 is 2.23 bits per heavy atom. The van der Waals surface area contributed by atoms with Gasteiger partial charge in [0.15, 0.2) is 0 Å². The van der Waals surface area contributed by atoms with E-state index in [1.165, 1.54) is 24.3 Å². The van der Waals surface area contributed by atoms with Crippen molar-refractivity contribution in [3.8, 4) is 11.7 Å². The fraction of sp³-hybridized carbons (Fsp3) is 0.0667. The fourth-order valence-electron chi connectivity index (χ4n) is 1.93. The molecule has 3 aromatic rings. The summed E-state index contributed by atoms with van der Waals surface area (Å²) in [4.78, 5) is 0. The Kier molecular flexibility index (Phi) is 3.97. The number of benzene rings is 2. The van der Waals surface area contributed by atoms with Crippen molar-refractivity contribution in [2.24, 2.45) is 0 Å². The number of halogens is 2. The van der Waals surface area contributed by atoms with Gasteiger partial charge in [0.1, 0.15) is 18.2 Å². The molecule has 22 heavy (non-hydrogen) atoms. The third-order valence-corrected chi connectivity index (χ3v) is 3.28. The third kappa shape index (κ3) is 3.04. The van der Waals surface area contributed by atoms with Crippen molar-refractivity contribution in [1.82, 2.24) is 14.8 Å². The van der Waals surface area contributed by atoms with Crippen molar-refractivity contribution in [3.05, 3.63) is 70.5 Å². The highest BCUT2D eigenvalue weighted by atomic mass is 32.1. The largest absolute Gasteiger partial charge is 0.458 e. The standard InChI is InChI=1S/C15H11F2N3OS/c16-11-3-1-10(2-4-11)9-21-14-18-19-15(22)20(14)13-7-5-12(17)6-8-13/h1-8H,9H2,(H,19,22). The molecule has 0 radical (unpaired) electrons. The molecule has 0 aliphatic carbocycles. The maximum absolute atomic E-state index is 13.0. The van der Waals surface area contributed by atoms with E-state index in [4.69, 9.17) is 17.0 Å². The Hall–Kier alpha value is -2.54. The highest BCUT2D eigenvalue weighted by Gasteiger charge is 2.10. The van der Waals surface area contributed by atoms with Crippen LogP contribution in [0.15, 0.2) is 48.5 Å². The fourth-order valence-corrected chi connectivity index (χ4v) is 2.15. The molecule has 0 saturated carbocycles. The highest BCUT2D eigenvalue weighted by molar-refractivity contribution is 7.71. The zero-order valence-corrected chi connectivity index (χ0v) is 12.1. The summed E-state index contributed by atoms with van der Waals surface area (Å²) in [5.74, 6) is -0.648. The van der Waals surface area contributed by atoms with E-state index in [2.05, 4.69) is 10.2 Å². The SMILES string of the molecule is Fc1ccc(COc2n[nH]c(=S)n2-c2ccc(F)cc2)cc1. The summed E-state index contributed by atoms with van der Waals surface area (Å²) in [6.07, 6.45) is 0. The molecule has 0 unspecified atom stereocenters. The first-order valence-electron chi connectivity index (χ1n) is 6.44. The summed E-state index contributed by atoms with van der Waals surface area (Å²) in [5, 5.41) is 6.64. The molecule has 0 saturated heterocycles. The second-order valence-corrected chi connectivity index (χ2v) is 4.93. The molecule has 7 heteroatoms. The Morgan fingerprint density at radius 2 is 1.59 bits per heavy atom. The summed E-state index contributed by atoms with van der Waals surface area (Å²) < 4.78 is 33.4. The van der Waals surface area contributed by atoms with Crippen LogP contribution >= 0.6 is 12.2 Å². The van der Waals surface area contributed by atoms with E-state index >= 15 is 0 Å². The molecule has 0 fully saturated rings. The van der Waals surface area contributed by atoms with Crippen molar-refractivity contribution in [1.29, 1.82) is 0 Å². The molecule has 0 atom stereocenters. The van der Waals surface area contributed by atoms with E-state index in [-0.39, 0.29) is 24.3 Å². The Bertz CT molecular complexity index is 825. The molecule has 0 amide bonds. The predicted molar refractivity (Wildman–Crippen MR) is 79.4 cm³/mol. The average Bonchev–Trinajstić information content (AvgIpc) is 2.89. The van der Waals surface area contributed by atoms with Crippen LogP contribution in [-0.4, -0.2) is 14.8 Å². The summed E-state index contributed by atoms with van der Waals surface area (Å²) in [6, 6.07) is 12.0. The molecule has 1 heterocycles. The number of aromatic amines is 1. The number of hydrogen-bond donors (Lipinski definition) is 1. The highest BCUT2D eigenvalue weighted by Crippen LogP contribution is 2.18. The first kappa shape index (κ1) is 14.4. The van der Waals surface area contributed by atoms with Gasteiger partial charge in [-0.2, -0.15) is 0 Å². The number of nitrogens with zero attached hydrogens (tertiary/aromatic N) is 2. The predicted octanol–water partition coefficient (Wildman–Crippen LogP) is 3.79. The van der Waals surface area contributed by atoms with Crippen LogP contribution in [0, 0.1) is 16.4 Å². The summed E-state index contributed by atoms with van der Waals surface area (Å²) in [5.41, 5.74) is 1.43. The van der Waals surface area contributed by atoms with E-state index in [0.29, 0.717) is 10.5 Å². The molecule has 1 N–H and O–H groups in total. The molecule has 1 aromatic heterocycles. The normalized spacial score (nSPS) is 10.6. The van der Waals surface area contributed by atoms with E-state index in [9.17, 15) is 8.78 Å². The van der Waals surface area contributed by atoms with E-state index in [1.54, 1.807) is 28.8 Å². The Balaban J connectivity index is 1.84. The van der Waals surface area contributed by atoms with Gasteiger partial charge in [0.25, 0.3) is 0 Å². The van der Waals surface area contributed by atoms with Crippen molar-refractivity contribution in [2.45, 2.75) is 6.61 Å². The zero-order valence-electron chi connectivity index (χ0n) is 11.3. The van der Waals surface area contributed by atoms with Gasteiger partial charge in [0.05, 0.1) is 5.69 Å². The molecule has 2 aromatic carbocycles. The van der Waals surface area contributed by atoms with Gasteiger partial charge < -0.3 is 4.74 Å². The smallest absolute Gasteiger partial charge is 0.321 e. The van der Waals surface area contributed by atoms with Crippen LogP contribution in [0.1, 0.15) is 5.56 Å². The molecular weight excluding hydrogens is 308 g/mol. The third-order valence-electron chi connectivity index (χ3n) is 3.01. The van der Waals surface area contributed by atoms with Crippen molar-refractivity contribution in [3.63, 3.8) is 0 Å². The monoisotopic (exact) mass is 319 g/mol. The van der Waals surface area contributed by atoms with Gasteiger partial charge in [-0.15, -0.1) is 5.10 Å². The first-order valence-corrected chi connectivity index (χ1v) is 6.85. The molecule has 0 aliphatic heterocycles. The number of nitrogens with one attached hydrogen (secondary N) is 1. The molecule has 0 spiro atoms. The maximum atomic E-state index is 13.0. The summed E-state index contributed by atoms with van der Waals surface area (Å²) >= 11 is 5.16. The summed E-state index contributed by atoms with van der Waals surface area (Å²) in [7, 11) is 0. The minimum Gasteiger partial charge on any atom is -0.458 e. The molecule has 4 nitrogen and oxygen atoms in total. The van der Waals surface area contributed by atoms with Crippen LogP contribution in [-0.2, 0) is 6.61 Å². The van der Waals surface area contributed by atoms with Gasteiger partial charge in [-0.3, -0.25) is 0 Å². The minimum atomic E-state index is -0.340. The van der Waals surface area contributed by atoms with Crippen LogP contribution in [0.3, 0.4) is 0 Å². The van der Waals surface area contributed by atoms with Gasteiger partial charge in [0.2, 0.25) is 4.77 Å². The van der Waals surface area contributed by atoms with E-state index in [1.807, 2.05) is 0 Å². The maximum Gasteiger partial charge on any atom is 0.321 e. The van der Waals surface area contributed by atoms with Crippen molar-refractivity contribution < 1.29 is 13.5 Å². The van der Waals surface area contributed by atoms with Crippen molar-refractivity contribution in [2.75, 3.05) is 0 Å². The number of ether oxygens (including phenoxy) is 1. The van der Waals surface area contributed by atoms with E-state index < -0.39 is 0 Å². The Morgan fingerprint density at radius 1 is 1.00 bits per heavy atom. The number of aromatic nitrogens is 3. The van der Waals surface area contributed by atoms with Gasteiger partial charge in [-0.1, -0.05) is 12.1 Å². The zero-order chi connectivity index (χ0) is 15.5. The Labute approximate surface area is 130 Å².